The second kappa shape index (κ2) is 6.62. The maximum atomic E-state index is 12.7. The molecule has 0 amide bonds. The Hall–Kier alpha value is -2.17. The van der Waals surface area contributed by atoms with Gasteiger partial charge in [-0.1, -0.05) is 6.92 Å². The SMILES string of the molecule is CCC1CCCCN1c1nc(C)c2c(n1)CC(c1ccco1)CC2=O. The van der Waals surface area contributed by atoms with E-state index in [0.29, 0.717) is 12.5 Å². The summed E-state index contributed by atoms with van der Waals surface area (Å²) in [4.78, 5) is 24.6. The second-order valence-corrected chi connectivity index (χ2v) is 7.23. The summed E-state index contributed by atoms with van der Waals surface area (Å²) in [6.07, 6.45) is 7.66. The summed E-state index contributed by atoms with van der Waals surface area (Å²) >= 11 is 0. The molecule has 3 heterocycles. The van der Waals surface area contributed by atoms with E-state index in [4.69, 9.17) is 14.4 Å². The standard InChI is InChI=1S/C20H25N3O2/c1-3-15-7-4-5-9-23(15)20-21-13(2)19-16(22-20)11-14(12-17(19)24)18-8-6-10-25-18/h6,8,10,14-15H,3-5,7,9,11-12H2,1-2H3. The summed E-state index contributed by atoms with van der Waals surface area (Å²) in [5.41, 5.74) is 2.44. The van der Waals surface area contributed by atoms with Crippen molar-refractivity contribution in [3.05, 3.63) is 41.1 Å². The van der Waals surface area contributed by atoms with Crippen molar-refractivity contribution in [3.63, 3.8) is 0 Å². The summed E-state index contributed by atoms with van der Waals surface area (Å²) in [7, 11) is 0. The smallest absolute Gasteiger partial charge is 0.226 e. The summed E-state index contributed by atoms with van der Waals surface area (Å²) in [6, 6.07) is 4.34. The van der Waals surface area contributed by atoms with Crippen molar-refractivity contribution in [1.82, 2.24) is 9.97 Å². The Kier molecular flexibility index (Phi) is 4.32. The Balaban J connectivity index is 1.70. The van der Waals surface area contributed by atoms with Gasteiger partial charge in [0.1, 0.15) is 5.76 Å². The molecule has 0 aromatic carbocycles. The van der Waals surface area contributed by atoms with Crippen LogP contribution in [-0.4, -0.2) is 28.3 Å². The molecule has 0 radical (unpaired) electrons. The number of rotatable bonds is 3. The van der Waals surface area contributed by atoms with Crippen LogP contribution in [0.3, 0.4) is 0 Å². The van der Waals surface area contributed by atoms with Gasteiger partial charge in [-0.05, 0) is 44.7 Å². The first-order valence-corrected chi connectivity index (χ1v) is 9.38. The monoisotopic (exact) mass is 339 g/mol. The number of anilines is 1. The van der Waals surface area contributed by atoms with Crippen LogP contribution in [0.2, 0.25) is 0 Å². The number of aromatic nitrogens is 2. The molecule has 5 nitrogen and oxygen atoms in total. The van der Waals surface area contributed by atoms with Crippen molar-refractivity contribution in [2.45, 2.75) is 64.3 Å². The molecule has 2 atom stereocenters. The average Bonchev–Trinajstić information content (AvgIpc) is 3.15. The van der Waals surface area contributed by atoms with Crippen molar-refractivity contribution in [1.29, 1.82) is 0 Å². The molecule has 2 aromatic heterocycles. The number of furan rings is 1. The summed E-state index contributed by atoms with van der Waals surface area (Å²) in [6.45, 7) is 5.18. The zero-order valence-corrected chi connectivity index (χ0v) is 15.0. The van der Waals surface area contributed by atoms with Gasteiger partial charge in [-0.2, -0.15) is 0 Å². The molecule has 1 saturated heterocycles. The fourth-order valence-corrected chi connectivity index (χ4v) is 4.30. The van der Waals surface area contributed by atoms with Gasteiger partial charge in [-0.3, -0.25) is 4.79 Å². The number of nitrogens with zero attached hydrogens (tertiary/aromatic N) is 3. The van der Waals surface area contributed by atoms with Gasteiger partial charge >= 0.3 is 0 Å². The van der Waals surface area contributed by atoms with Crippen LogP contribution in [-0.2, 0) is 6.42 Å². The number of Topliss-reactive ketones (excluding diaryl/α,β-unsaturated/α-hetero) is 1. The molecule has 0 spiro atoms. The molecule has 1 aliphatic heterocycles. The number of ketones is 1. The third-order valence-electron chi connectivity index (χ3n) is 5.60. The van der Waals surface area contributed by atoms with Gasteiger partial charge in [0.05, 0.1) is 23.2 Å². The van der Waals surface area contributed by atoms with E-state index in [2.05, 4.69) is 11.8 Å². The predicted octanol–water partition coefficient (Wildman–Crippen LogP) is 4.06. The molecule has 0 saturated carbocycles. The van der Waals surface area contributed by atoms with Crippen molar-refractivity contribution in [2.75, 3.05) is 11.4 Å². The zero-order valence-electron chi connectivity index (χ0n) is 15.0. The molecule has 2 aromatic rings. The third-order valence-corrected chi connectivity index (χ3v) is 5.60. The largest absolute Gasteiger partial charge is 0.469 e. The van der Waals surface area contributed by atoms with Gasteiger partial charge in [0, 0.05) is 31.3 Å². The molecule has 2 unspecified atom stereocenters. The lowest BCUT2D eigenvalue weighted by Gasteiger charge is -2.36. The minimum atomic E-state index is 0.0838. The van der Waals surface area contributed by atoms with E-state index < -0.39 is 0 Å². The maximum absolute atomic E-state index is 12.7. The quantitative estimate of drug-likeness (QED) is 0.844. The van der Waals surface area contributed by atoms with E-state index in [1.165, 1.54) is 19.3 Å². The molecule has 1 aliphatic carbocycles. The van der Waals surface area contributed by atoms with Crippen LogP contribution in [0.4, 0.5) is 5.95 Å². The van der Waals surface area contributed by atoms with Gasteiger partial charge in [-0.25, -0.2) is 9.97 Å². The van der Waals surface area contributed by atoms with Crippen LogP contribution in [0.5, 0.6) is 0 Å². The van der Waals surface area contributed by atoms with Crippen LogP contribution in [0, 0.1) is 6.92 Å². The molecule has 0 N–H and O–H groups in total. The summed E-state index contributed by atoms with van der Waals surface area (Å²) in [5.74, 6) is 1.90. The highest BCUT2D eigenvalue weighted by Gasteiger charge is 2.32. The number of aryl methyl sites for hydroxylation is 1. The Bertz CT molecular complexity index is 769. The van der Waals surface area contributed by atoms with Gasteiger partial charge in [-0.15, -0.1) is 0 Å². The Morgan fingerprint density at radius 2 is 2.16 bits per heavy atom. The first kappa shape index (κ1) is 16.3. The Morgan fingerprint density at radius 3 is 2.92 bits per heavy atom. The first-order chi connectivity index (χ1) is 12.2. The van der Waals surface area contributed by atoms with Crippen molar-refractivity contribution in [2.24, 2.45) is 0 Å². The normalized spacial score (nSPS) is 23.6. The van der Waals surface area contributed by atoms with Gasteiger partial charge in [0.2, 0.25) is 5.95 Å². The predicted molar refractivity (Wildman–Crippen MR) is 96.1 cm³/mol. The highest BCUT2D eigenvalue weighted by atomic mass is 16.3. The zero-order chi connectivity index (χ0) is 17.4. The molecule has 25 heavy (non-hydrogen) atoms. The number of hydrogen-bond acceptors (Lipinski definition) is 5. The van der Waals surface area contributed by atoms with E-state index in [9.17, 15) is 4.79 Å². The minimum absolute atomic E-state index is 0.0838. The first-order valence-electron chi connectivity index (χ1n) is 9.38. The van der Waals surface area contributed by atoms with E-state index in [0.717, 1.165) is 48.0 Å². The lowest BCUT2D eigenvalue weighted by atomic mass is 9.84. The number of carbonyl (C=O) groups excluding carboxylic acids is 1. The summed E-state index contributed by atoms with van der Waals surface area (Å²) in [5, 5.41) is 0. The number of fused-ring (bicyclic) bond motifs is 1. The fourth-order valence-electron chi connectivity index (χ4n) is 4.30. The van der Waals surface area contributed by atoms with Gasteiger partial charge in [0.25, 0.3) is 0 Å². The van der Waals surface area contributed by atoms with Crippen molar-refractivity contribution < 1.29 is 9.21 Å². The molecule has 1 fully saturated rings. The highest BCUT2D eigenvalue weighted by molar-refractivity contribution is 5.99. The topological polar surface area (TPSA) is 59.2 Å². The maximum Gasteiger partial charge on any atom is 0.226 e. The lowest BCUT2D eigenvalue weighted by molar-refractivity contribution is 0.0958. The molecule has 4 rings (SSSR count). The van der Waals surface area contributed by atoms with Crippen LogP contribution in [0.1, 0.15) is 72.5 Å². The highest BCUT2D eigenvalue weighted by Crippen LogP contribution is 2.34. The van der Waals surface area contributed by atoms with E-state index in [1.807, 2.05) is 19.1 Å². The molecular weight excluding hydrogens is 314 g/mol. The molecule has 132 valence electrons. The number of carbonyl (C=O) groups is 1. The fraction of sp³-hybridized carbons (Fsp3) is 0.550. The van der Waals surface area contributed by atoms with Crippen LogP contribution in [0.15, 0.2) is 22.8 Å². The third kappa shape index (κ3) is 2.96. The lowest BCUT2D eigenvalue weighted by Crippen LogP contribution is -2.40. The van der Waals surface area contributed by atoms with E-state index in [1.54, 1.807) is 6.26 Å². The number of piperidine rings is 1. The molecular formula is C20H25N3O2. The summed E-state index contributed by atoms with van der Waals surface area (Å²) < 4.78 is 5.54. The minimum Gasteiger partial charge on any atom is -0.469 e. The average molecular weight is 339 g/mol. The van der Waals surface area contributed by atoms with Gasteiger partial charge < -0.3 is 9.32 Å². The number of hydrogen-bond donors (Lipinski definition) is 0. The van der Waals surface area contributed by atoms with E-state index >= 15 is 0 Å². The van der Waals surface area contributed by atoms with E-state index in [-0.39, 0.29) is 11.7 Å². The van der Waals surface area contributed by atoms with Gasteiger partial charge in [0.15, 0.2) is 5.78 Å². The Labute approximate surface area is 148 Å². The molecule has 5 heteroatoms. The molecule has 2 aliphatic rings. The van der Waals surface area contributed by atoms with Crippen LogP contribution in [0.25, 0.3) is 0 Å². The van der Waals surface area contributed by atoms with Crippen molar-refractivity contribution >= 4 is 11.7 Å². The second-order valence-electron chi connectivity index (χ2n) is 7.23. The van der Waals surface area contributed by atoms with Crippen LogP contribution < -0.4 is 4.90 Å². The Morgan fingerprint density at radius 1 is 1.28 bits per heavy atom. The van der Waals surface area contributed by atoms with Crippen molar-refractivity contribution in [3.8, 4) is 0 Å². The molecule has 0 bridgehead atoms. The van der Waals surface area contributed by atoms with Crippen LogP contribution >= 0.6 is 0 Å².